The summed E-state index contributed by atoms with van der Waals surface area (Å²) in [6.07, 6.45) is 4.08. The highest BCUT2D eigenvalue weighted by Gasteiger charge is 2.37. The Morgan fingerprint density at radius 3 is 2.39 bits per heavy atom. The molecule has 0 radical (unpaired) electrons. The molecule has 1 saturated heterocycles. The molecule has 0 aromatic heterocycles. The Morgan fingerprint density at radius 2 is 1.83 bits per heavy atom. The summed E-state index contributed by atoms with van der Waals surface area (Å²) in [7, 11) is 2.33. The van der Waals surface area contributed by atoms with E-state index in [1.807, 2.05) is 0 Å². The third-order valence-corrected chi connectivity index (χ3v) is 5.88. The molecule has 1 heterocycles. The van der Waals surface area contributed by atoms with Gasteiger partial charge in [-0.1, -0.05) is 6.92 Å². The van der Waals surface area contributed by atoms with Gasteiger partial charge >= 0.3 is 8.80 Å². The van der Waals surface area contributed by atoms with E-state index in [1.54, 1.807) is 21.3 Å². The Bertz CT molecular complexity index is 262. The molecule has 0 atom stereocenters. The second kappa shape index (κ2) is 8.01. The topological polar surface area (TPSA) is 43.3 Å². The van der Waals surface area contributed by atoms with Crippen molar-refractivity contribution in [2.24, 2.45) is 4.99 Å². The minimum Gasteiger partial charge on any atom is -0.376 e. The second-order valence-corrected chi connectivity index (χ2v) is 7.41. The molecular formula is C12H26N2O3Si. The number of rotatable bonds is 6. The summed E-state index contributed by atoms with van der Waals surface area (Å²) in [6.45, 7) is 5.43. The highest BCUT2D eigenvalue weighted by molar-refractivity contribution is 6.61. The molecule has 0 amide bonds. The molecule has 0 saturated carbocycles. The van der Waals surface area contributed by atoms with Gasteiger partial charge in [-0.25, -0.2) is 0 Å². The Balaban J connectivity index is 2.63. The van der Waals surface area contributed by atoms with E-state index in [4.69, 9.17) is 13.3 Å². The maximum atomic E-state index is 5.39. The van der Waals surface area contributed by atoms with Gasteiger partial charge in [-0.2, -0.15) is 0 Å². The van der Waals surface area contributed by atoms with Gasteiger partial charge < -0.3 is 13.3 Å². The predicted octanol–water partition coefficient (Wildman–Crippen LogP) is 1.35. The van der Waals surface area contributed by atoms with Crippen LogP contribution in [0, 0.1) is 0 Å². The zero-order valence-corrected chi connectivity index (χ0v) is 13.1. The monoisotopic (exact) mass is 274 g/mol. The van der Waals surface area contributed by atoms with Gasteiger partial charge in [0.15, 0.2) is 0 Å². The number of aliphatic imine (C=N–C) groups is 1. The van der Waals surface area contributed by atoms with Crippen molar-refractivity contribution >= 4 is 14.5 Å². The Morgan fingerprint density at radius 1 is 1.17 bits per heavy atom. The fraction of sp³-hybridized carbons (Fsp3) is 0.917. The smallest absolute Gasteiger partial charge is 0.376 e. The number of hydrogen-bond donors (Lipinski definition) is 0. The minimum atomic E-state index is -2.56. The van der Waals surface area contributed by atoms with Gasteiger partial charge in [0.25, 0.3) is 0 Å². The van der Waals surface area contributed by atoms with Crippen molar-refractivity contribution in [2.45, 2.75) is 26.2 Å². The maximum absolute atomic E-state index is 5.39. The fourth-order valence-corrected chi connectivity index (χ4v) is 3.44. The molecule has 0 aromatic carbocycles. The lowest BCUT2D eigenvalue weighted by Crippen LogP contribution is -2.47. The van der Waals surface area contributed by atoms with E-state index in [2.05, 4.69) is 16.8 Å². The van der Waals surface area contributed by atoms with Gasteiger partial charge in [0, 0.05) is 33.6 Å². The van der Waals surface area contributed by atoms with E-state index >= 15 is 0 Å². The molecule has 0 spiro atoms. The van der Waals surface area contributed by atoms with Gasteiger partial charge in [-0.15, -0.1) is 0 Å². The standard InChI is InChI=1S/C12H26N2O3Si/c1-5-14-9-7-6-8-12(10-14)13-11-18(15-2,16-3)17-4/h5-11H2,1-4H3. The summed E-state index contributed by atoms with van der Waals surface area (Å²) in [5.74, 6) is 0. The van der Waals surface area contributed by atoms with Crippen LogP contribution in [0.4, 0.5) is 0 Å². The molecular weight excluding hydrogens is 248 g/mol. The SMILES string of the molecule is CCN1CCCCC(=NC[Si](OC)(OC)OC)C1. The largest absolute Gasteiger partial charge is 0.522 e. The molecule has 0 N–H and O–H groups in total. The summed E-state index contributed by atoms with van der Waals surface area (Å²) < 4.78 is 16.2. The lowest BCUT2D eigenvalue weighted by atomic mass is 10.2. The molecule has 1 aliphatic rings. The number of nitrogens with zero attached hydrogens (tertiary/aromatic N) is 2. The average molecular weight is 274 g/mol. The Kier molecular flexibility index (Phi) is 7.02. The molecule has 1 fully saturated rings. The van der Waals surface area contributed by atoms with Crippen LogP contribution in [0.25, 0.3) is 0 Å². The van der Waals surface area contributed by atoms with Crippen molar-refractivity contribution in [3.63, 3.8) is 0 Å². The molecule has 0 aromatic rings. The summed E-state index contributed by atoms with van der Waals surface area (Å²) in [6, 6.07) is 0. The van der Waals surface area contributed by atoms with Crippen molar-refractivity contribution in [3.05, 3.63) is 0 Å². The first-order chi connectivity index (χ1) is 8.69. The van der Waals surface area contributed by atoms with Crippen LogP contribution in [-0.4, -0.2) is 66.5 Å². The first kappa shape index (κ1) is 15.8. The van der Waals surface area contributed by atoms with Crippen molar-refractivity contribution in [2.75, 3.05) is 47.1 Å². The molecule has 6 heteroatoms. The second-order valence-electron chi connectivity index (χ2n) is 4.50. The predicted molar refractivity (Wildman–Crippen MR) is 75.0 cm³/mol. The third-order valence-electron chi connectivity index (χ3n) is 3.47. The van der Waals surface area contributed by atoms with Crippen molar-refractivity contribution in [3.8, 4) is 0 Å². The molecule has 106 valence electrons. The lowest BCUT2D eigenvalue weighted by molar-refractivity contribution is 0.125. The van der Waals surface area contributed by atoms with Crippen LogP contribution in [0.15, 0.2) is 4.99 Å². The molecule has 1 aliphatic heterocycles. The molecule has 0 unspecified atom stereocenters. The van der Waals surface area contributed by atoms with E-state index < -0.39 is 8.80 Å². The van der Waals surface area contributed by atoms with Gasteiger partial charge in [-0.05, 0) is 32.4 Å². The van der Waals surface area contributed by atoms with Crippen LogP contribution < -0.4 is 0 Å². The Hall–Kier alpha value is -0.273. The van der Waals surface area contributed by atoms with E-state index in [0.29, 0.717) is 6.17 Å². The molecule has 0 aliphatic carbocycles. The average Bonchev–Trinajstić information content (AvgIpc) is 2.66. The zero-order valence-electron chi connectivity index (χ0n) is 12.1. The molecule has 18 heavy (non-hydrogen) atoms. The quantitative estimate of drug-likeness (QED) is 0.686. The van der Waals surface area contributed by atoms with E-state index in [0.717, 1.165) is 19.5 Å². The normalized spacial score (nSPS) is 21.2. The first-order valence-corrected chi connectivity index (χ1v) is 8.53. The number of hydrogen-bond acceptors (Lipinski definition) is 5. The molecule has 1 rings (SSSR count). The first-order valence-electron chi connectivity index (χ1n) is 6.59. The minimum absolute atomic E-state index is 0.517. The lowest BCUT2D eigenvalue weighted by Gasteiger charge is -2.23. The van der Waals surface area contributed by atoms with Crippen molar-refractivity contribution in [1.29, 1.82) is 0 Å². The van der Waals surface area contributed by atoms with Crippen molar-refractivity contribution < 1.29 is 13.3 Å². The van der Waals surface area contributed by atoms with Gasteiger partial charge in [0.1, 0.15) is 6.17 Å². The molecule has 5 nitrogen and oxygen atoms in total. The summed E-state index contributed by atoms with van der Waals surface area (Å²) in [5.41, 5.74) is 1.25. The van der Waals surface area contributed by atoms with Crippen LogP contribution >= 0.6 is 0 Å². The highest BCUT2D eigenvalue weighted by atomic mass is 28.4. The summed E-state index contributed by atoms with van der Waals surface area (Å²) in [4.78, 5) is 7.12. The van der Waals surface area contributed by atoms with Crippen LogP contribution in [0.5, 0.6) is 0 Å². The van der Waals surface area contributed by atoms with Crippen LogP contribution in [0.1, 0.15) is 26.2 Å². The van der Waals surface area contributed by atoms with Crippen LogP contribution in [0.2, 0.25) is 0 Å². The van der Waals surface area contributed by atoms with E-state index in [1.165, 1.54) is 25.1 Å². The van der Waals surface area contributed by atoms with Gasteiger partial charge in [0.05, 0.1) is 0 Å². The fourth-order valence-electron chi connectivity index (χ4n) is 2.13. The van der Waals surface area contributed by atoms with Crippen LogP contribution in [0.3, 0.4) is 0 Å². The summed E-state index contributed by atoms with van der Waals surface area (Å²) in [5, 5.41) is 0. The molecule has 0 bridgehead atoms. The zero-order chi connectivity index (χ0) is 13.4. The van der Waals surface area contributed by atoms with Crippen molar-refractivity contribution in [1.82, 2.24) is 4.90 Å². The highest BCUT2D eigenvalue weighted by Crippen LogP contribution is 2.11. The van der Waals surface area contributed by atoms with Crippen LogP contribution in [-0.2, 0) is 13.3 Å². The Labute approximate surface area is 111 Å². The van der Waals surface area contributed by atoms with Gasteiger partial charge in [-0.3, -0.25) is 9.89 Å². The third kappa shape index (κ3) is 4.44. The van der Waals surface area contributed by atoms with E-state index in [-0.39, 0.29) is 0 Å². The van der Waals surface area contributed by atoms with E-state index in [9.17, 15) is 0 Å². The summed E-state index contributed by atoms with van der Waals surface area (Å²) >= 11 is 0. The number of likely N-dealkylation sites (tertiary alicyclic amines) is 1. The van der Waals surface area contributed by atoms with Gasteiger partial charge in [0.2, 0.25) is 0 Å². The maximum Gasteiger partial charge on any atom is 0.522 e.